The second kappa shape index (κ2) is 8.94. The van der Waals surface area contributed by atoms with Gasteiger partial charge in [0.2, 0.25) is 0 Å². The van der Waals surface area contributed by atoms with E-state index in [1.165, 1.54) is 0 Å². The average Bonchev–Trinajstić information content (AvgIpc) is 2.37. The van der Waals surface area contributed by atoms with Crippen LogP contribution in [-0.2, 0) is 14.6 Å². The number of sulfone groups is 1. The Morgan fingerprint density at radius 3 is 2.30 bits per heavy atom. The highest BCUT2D eigenvalue weighted by atomic mass is 35.5. The predicted molar refractivity (Wildman–Crippen MR) is 80.1 cm³/mol. The first-order chi connectivity index (χ1) is 8.95. The summed E-state index contributed by atoms with van der Waals surface area (Å²) < 4.78 is 24.1. The fourth-order valence-electron chi connectivity index (χ4n) is 1.77. The molecule has 0 aliphatic rings. The van der Waals surface area contributed by atoms with Gasteiger partial charge >= 0.3 is 5.97 Å². The molecule has 1 rings (SSSR count). The summed E-state index contributed by atoms with van der Waals surface area (Å²) in [5.74, 6) is -1.00. The van der Waals surface area contributed by atoms with Gasteiger partial charge in [0.25, 0.3) is 0 Å². The molecule has 0 atom stereocenters. The molecule has 0 radical (unpaired) electrons. The average molecular weight is 322 g/mol. The normalized spacial score (nSPS) is 11.1. The topological polar surface area (TPSA) is 74.7 Å². The number of halogens is 1. The molecular weight excluding hydrogens is 302 g/mol. The summed E-state index contributed by atoms with van der Waals surface area (Å²) in [5, 5.41) is 8.77. The predicted octanol–water partition coefficient (Wildman–Crippen LogP) is 1.68. The van der Waals surface area contributed by atoms with Gasteiger partial charge in [-0.2, -0.15) is 0 Å². The summed E-state index contributed by atoms with van der Waals surface area (Å²) in [6, 6.07) is 8.21. The van der Waals surface area contributed by atoms with Crippen molar-refractivity contribution in [3.63, 3.8) is 0 Å². The fourth-order valence-corrected chi connectivity index (χ4v) is 3.08. The molecule has 0 bridgehead atoms. The van der Waals surface area contributed by atoms with Gasteiger partial charge in [0, 0.05) is 6.54 Å². The minimum absolute atomic E-state index is 0. The number of carbonyl (C=O) groups is 1. The first-order valence-electron chi connectivity index (χ1n) is 6.17. The van der Waals surface area contributed by atoms with Crippen LogP contribution in [0.25, 0.3) is 0 Å². The Morgan fingerprint density at radius 1 is 1.20 bits per heavy atom. The molecule has 7 heteroatoms. The van der Waals surface area contributed by atoms with E-state index in [4.69, 9.17) is 5.11 Å². The minimum atomic E-state index is -3.34. The molecule has 0 aliphatic heterocycles. The molecule has 0 saturated heterocycles. The number of carboxylic acids is 1. The fraction of sp³-hybridized carbons (Fsp3) is 0.462. The molecule has 0 unspecified atom stereocenters. The summed E-state index contributed by atoms with van der Waals surface area (Å²) in [5.41, 5.74) is 0. The number of benzene rings is 1. The Balaban J connectivity index is 0.00000361. The minimum Gasteiger partial charge on any atom is -0.480 e. The molecule has 1 aromatic rings. The zero-order chi connectivity index (χ0) is 14.3. The lowest BCUT2D eigenvalue weighted by atomic mass is 10.4. The number of rotatable bonds is 8. The maximum absolute atomic E-state index is 12.1. The highest BCUT2D eigenvalue weighted by molar-refractivity contribution is 7.91. The van der Waals surface area contributed by atoms with Crippen LogP contribution in [0.3, 0.4) is 0 Å². The van der Waals surface area contributed by atoms with Crippen molar-refractivity contribution in [2.75, 3.05) is 25.4 Å². The van der Waals surface area contributed by atoms with E-state index < -0.39 is 15.8 Å². The van der Waals surface area contributed by atoms with Crippen LogP contribution in [0.15, 0.2) is 35.2 Å². The molecule has 0 amide bonds. The van der Waals surface area contributed by atoms with E-state index >= 15 is 0 Å². The van der Waals surface area contributed by atoms with E-state index in [-0.39, 0.29) is 36.1 Å². The summed E-state index contributed by atoms with van der Waals surface area (Å²) in [4.78, 5) is 12.6. The van der Waals surface area contributed by atoms with Gasteiger partial charge < -0.3 is 5.11 Å². The van der Waals surface area contributed by atoms with Crippen molar-refractivity contribution < 1.29 is 18.3 Å². The van der Waals surface area contributed by atoms with Crippen LogP contribution in [0.5, 0.6) is 0 Å². The number of hydrogen-bond donors (Lipinski definition) is 1. The van der Waals surface area contributed by atoms with Crippen molar-refractivity contribution in [3.8, 4) is 0 Å². The molecule has 20 heavy (non-hydrogen) atoms. The van der Waals surface area contributed by atoms with Crippen molar-refractivity contribution >= 4 is 28.2 Å². The number of hydrogen-bond acceptors (Lipinski definition) is 4. The van der Waals surface area contributed by atoms with Gasteiger partial charge in [0.15, 0.2) is 9.84 Å². The quantitative estimate of drug-likeness (QED) is 0.788. The van der Waals surface area contributed by atoms with Gasteiger partial charge in [0.05, 0.1) is 17.2 Å². The van der Waals surface area contributed by atoms with Crippen LogP contribution >= 0.6 is 12.4 Å². The van der Waals surface area contributed by atoms with Gasteiger partial charge in [-0.1, -0.05) is 25.1 Å². The molecule has 0 heterocycles. The van der Waals surface area contributed by atoms with Gasteiger partial charge in [-0.15, -0.1) is 12.4 Å². The molecule has 1 aromatic carbocycles. The molecule has 1 N–H and O–H groups in total. The first-order valence-corrected chi connectivity index (χ1v) is 7.83. The zero-order valence-corrected chi connectivity index (χ0v) is 13.0. The summed E-state index contributed by atoms with van der Waals surface area (Å²) in [6.07, 6.45) is 0.790. The Labute approximate surface area is 125 Å². The molecule has 0 fully saturated rings. The Kier molecular flexibility index (Phi) is 8.45. The molecule has 0 saturated carbocycles. The summed E-state index contributed by atoms with van der Waals surface area (Å²) in [7, 11) is -3.34. The van der Waals surface area contributed by atoms with Crippen LogP contribution in [0, 0.1) is 0 Å². The third-order valence-electron chi connectivity index (χ3n) is 2.68. The maximum atomic E-state index is 12.1. The van der Waals surface area contributed by atoms with Crippen molar-refractivity contribution in [3.05, 3.63) is 30.3 Å². The van der Waals surface area contributed by atoms with Gasteiger partial charge in [0.1, 0.15) is 0 Å². The lowest BCUT2D eigenvalue weighted by Crippen LogP contribution is -2.34. The zero-order valence-electron chi connectivity index (χ0n) is 11.4. The van der Waals surface area contributed by atoms with E-state index in [1.54, 1.807) is 35.2 Å². The molecule has 0 aromatic heterocycles. The lowest BCUT2D eigenvalue weighted by molar-refractivity contribution is -0.138. The summed E-state index contributed by atoms with van der Waals surface area (Å²) in [6.45, 7) is 2.62. The van der Waals surface area contributed by atoms with E-state index in [0.717, 1.165) is 6.42 Å². The van der Waals surface area contributed by atoms with Gasteiger partial charge in [-0.25, -0.2) is 8.42 Å². The highest BCUT2D eigenvalue weighted by Crippen LogP contribution is 2.10. The van der Waals surface area contributed by atoms with Gasteiger partial charge in [-0.05, 0) is 25.1 Å². The Morgan fingerprint density at radius 2 is 1.80 bits per heavy atom. The molecular formula is C13H20ClNO4S. The maximum Gasteiger partial charge on any atom is 0.317 e. The van der Waals surface area contributed by atoms with Crippen LogP contribution in [0.2, 0.25) is 0 Å². The third kappa shape index (κ3) is 6.36. The molecule has 0 spiro atoms. The largest absolute Gasteiger partial charge is 0.480 e. The smallest absolute Gasteiger partial charge is 0.317 e. The van der Waals surface area contributed by atoms with E-state index in [1.807, 2.05) is 6.92 Å². The van der Waals surface area contributed by atoms with Crippen molar-refractivity contribution in [1.82, 2.24) is 4.90 Å². The van der Waals surface area contributed by atoms with Crippen molar-refractivity contribution in [2.24, 2.45) is 0 Å². The van der Waals surface area contributed by atoms with E-state index in [9.17, 15) is 13.2 Å². The third-order valence-corrected chi connectivity index (χ3v) is 4.39. The van der Waals surface area contributed by atoms with E-state index in [0.29, 0.717) is 6.54 Å². The van der Waals surface area contributed by atoms with Crippen LogP contribution in [-0.4, -0.2) is 49.8 Å². The van der Waals surface area contributed by atoms with Crippen LogP contribution in [0.1, 0.15) is 13.3 Å². The first kappa shape index (κ1) is 18.9. The van der Waals surface area contributed by atoms with Crippen LogP contribution < -0.4 is 0 Å². The van der Waals surface area contributed by atoms with Crippen LogP contribution in [0.4, 0.5) is 0 Å². The lowest BCUT2D eigenvalue weighted by Gasteiger charge is -2.19. The number of carboxylic acid groups (broad SMARTS) is 1. The molecule has 0 aliphatic carbocycles. The standard InChI is InChI=1S/C13H19NO4S.ClH/c1-2-8-14(11-13(15)16)9-10-19(17,18)12-6-4-3-5-7-12;/h3-7H,2,8-11H2,1H3,(H,15,16);1H. The highest BCUT2D eigenvalue weighted by Gasteiger charge is 2.17. The monoisotopic (exact) mass is 321 g/mol. The second-order valence-corrected chi connectivity index (χ2v) is 6.41. The SMILES string of the molecule is CCCN(CCS(=O)(=O)c1ccccc1)CC(=O)O.Cl. The van der Waals surface area contributed by atoms with Crippen molar-refractivity contribution in [1.29, 1.82) is 0 Å². The van der Waals surface area contributed by atoms with Crippen molar-refractivity contribution in [2.45, 2.75) is 18.2 Å². The van der Waals surface area contributed by atoms with E-state index in [2.05, 4.69) is 0 Å². The van der Waals surface area contributed by atoms with Gasteiger partial charge in [-0.3, -0.25) is 9.69 Å². The summed E-state index contributed by atoms with van der Waals surface area (Å²) >= 11 is 0. The molecule has 114 valence electrons. The molecule has 5 nitrogen and oxygen atoms in total. The second-order valence-electron chi connectivity index (χ2n) is 4.30. The number of nitrogens with zero attached hydrogens (tertiary/aromatic N) is 1. The Hall–Kier alpha value is -1.11. The number of aliphatic carboxylic acids is 1. The Bertz CT molecular complexity index is 504.